The second-order valence-corrected chi connectivity index (χ2v) is 8.21. The average Bonchev–Trinajstić information content (AvgIpc) is 3.33. The summed E-state index contributed by atoms with van der Waals surface area (Å²) in [6.45, 7) is 7.45. The van der Waals surface area contributed by atoms with Gasteiger partial charge in [0.15, 0.2) is 5.82 Å². The van der Waals surface area contributed by atoms with E-state index < -0.39 is 0 Å². The first-order valence-corrected chi connectivity index (χ1v) is 11.4. The van der Waals surface area contributed by atoms with Gasteiger partial charge in [-0.05, 0) is 37.5 Å². The Labute approximate surface area is 182 Å². The lowest BCUT2D eigenvalue weighted by molar-refractivity contribution is 0.318. The maximum absolute atomic E-state index is 5.99. The maximum atomic E-state index is 5.99. The van der Waals surface area contributed by atoms with Crippen LogP contribution in [0.15, 0.2) is 47.6 Å². The highest BCUT2D eigenvalue weighted by atomic mass is 32.2. The lowest BCUT2D eigenvalue weighted by atomic mass is 10.0. The summed E-state index contributed by atoms with van der Waals surface area (Å²) in [5, 5.41) is 9.67. The van der Waals surface area contributed by atoms with Crippen molar-refractivity contribution in [2.75, 3.05) is 18.6 Å². The van der Waals surface area contributed by atoms with Crippen molar-refractivity contribution in [1.82, 2.24) is 14.9 Å². The van der Waals surface area contributed by atoms with E-state index in [4.69, 9.17) is 9.47 Å². The van der Waals surface area contributed by atoms with Crippen LogP contribution in [0.25, 0.3) is 0 Å². The van der Waals surface area contributed by atoms with Gasteiger partial charge in [-0.3, -0.25) is 0 Å². The van der Waals surface area contributed by atoms with Gasteiger partial charge in [0, 0.05) is 18.1 Å². The number of rotatable bonds is 9. The van der Waals surface area contributed by atoms with Crippen LogP contribution in [0.4, 0.5) is 0 Å². The monoisotopic (exact) mass is 424 g/mol. The van der Waals surface area contributed by atoms with Gasteiger partial charge < -0.3 is 14.9 Å². The number of fused-ring (bicyclic) bond motifs is 1. The van der Waals surface area contributed by atoms with Crippen LogP contribution in [-0.2, 0) is 12.8 Å². The van der Waals surface area contributed by atoms with Crippen LogP contribution in [0.3, 0.4) is 0 Å². The Balaban J connectivity index is 1.62. The van der Waals surface area contributed by atoms with Crippen LogP contribution in [0, 0.1) is 0 Å². The molecule has 0 fully saturated rings. The molecule has 0 amide bonds. The molecule has 0 saturated carbocycles. The highest BCUT2D eigenvalue weighted by Gasteiger charge is 2.30. The molecule has 3 aromatic rings. The van der Waals surface area contributed by atoms with Gasteiger partial charge >= 0.3 is 0 Å². The number of aryl methyl sites for hydroxylation is 1. The molecule has 4 rings (SSSR count). The molecule has 0 radical (unpaired) electrons. The molecular formula is C23H28N4O2S. The standard InChI is InChI=1S/C23H28N4O2S/c1-4-10-17-14-18(20(29-6-3)15-19(17)28-5-2)22-26-27-21(24-25-23(27)30-22)13-16-11-8-7-9-12-16/h7-9,11-12,14-15,22,26H,4-6,10,13H2,1-3H3. The van der Waals surface area contributed by atoms with Crippen molar-refractivity contribution in [2.45, 2.75) is 50.6 Å². The molecule has 6 nitrogen and oxygen atoms in total. The normalized spacial score (nSPS) is 15.0. The predicted octanol–water partition coefficient (Wildman–Crippen LogP) is 4.97. The lowest BCUT2D eigenvalue weighted by Crippen LogP contribution is -2.17. The van der Waals surface area contributed by atoms with Crippen molar-refractivity contribution in [3.63, 3.8) is 0 Å². The quantitative estimate of drug-likeness (QED) is 0.523. The molecule has 1 aromatic heterocycles. The van der Waals surface area contributed by atoms with E-state index in [-0.39, 0.29) is 5.37 Å². The van der Waals surface area contributed by atoms with Crippen molar-refractivity contribution < 1.29 is 9.47 Å². The van der Waals surface area contributed by atoms with Crippen LogP contribution in [0.1, 0.15) is 55.1 Å². The maximum Gasteiger partial charge on any atom is 0.212 e. The Morgan fingerprint density at radius 1 is 1.00 bits per heavy atom. The summed E-state index contributed by atoms with van der Waals surface area (Å²) in [5.74, 6) is 2.68. The van der Waals surface area contributed by atoms with Crippen molar-refractivity contribution in [2.24, 2.45) is 0 Å². The molecule has 30 heavy (non-hydrogen) atoms. The molecule has 2 heterocycles. The van der Waals surface area contributed by atoms with Gasteiger partial charge in [-0.15, -0.1) is 10.2 Å². The van der Waals surface area contributed by atoms with Gasteiger partial charge in [0.2, 0.25) is 5.16 Å². The average molecular weight is 425 g/mol. The van der Waals surface area contributed by atoms with E-state index in [0.717, 1.165) is 47.3 Å². The third-order valence-electron chi connectivity index (χ3n) is 4.97. The van der Waals surface area contributed by atoms with E-state index >= 15 is 0 Å². The topological polar surface area (TPSA) is 61.2 Å². The molecule has 0 bridgehead atoms. The number of nitrogens with zero attached hydrogens (tertiary/aromatic N) is 3. The van der Waals surface area contributed by atoms with Crippen molar-refractivity contribution in [3.8, 4) is 11.5 Å². The molecule has 1 aliphatic heterocycles. The van der Waals surface area contributed by atoms with Crippen LogP contribution in [-0.4, -0.2) is 28.1 Å². The molecule has 1 unspecified atom stereocenters. The number of hydrogen-bond donors (Lipinski definition) is 1. The van der Waals surface area contributed by atoms with Gasteiger partial charge in [0.25, 0.3) is 0 Å². The van der Waals surface area contributed by atoms with E-state index in [1.165, 1.54) is 11.1 Å². The number of nitrogens with one attached hydrogen (secondary N) is 1. The van der Waals surface area contributed by atoms with Crippen molar-refractivity contribution in [3.05, 3.63) is 65.0 Å². The lowest BCUT2D eigenvalue weighted by Gasteiger charge is -2.20. The second-order valence-electron chi connectivity index (χ2n) is 7.14. The fraction of sp³-hybridized carbons (Fsp3) is 0.391. The van der Waals surface area contributed by atoms with Crippen molar-refractivity contribution in [1.29, 1.82) is 0 Å². The molecule has 0 spiro atoms. The van der Waals surface area contributed by atoms with Crippen molar-refractivity contribution >= 4 is 11.8 Å². The zero-order valence-corrected chi connectivity index (χ0v) is 18.5. The number of ether oxygens (including phenoxy) is 2. The van der Waals surface area contributed by atoms with Gasteiger partial charge in [0.05, 0.1) is 13.2 Å². The fourth-order valence-corrected chi connectivity index (χ4v) is 4.68. The van der Waals surface area contributed by atoms with Crippen LogP contribution in [0.5, 0.6) is 11.5 Å². The van der Waals surface area contributed by atoms with E-state index in [2.05, 4.69) is 40.7 Å². The molecule has 1 aliphatic rings. The number of thioether (sulfide) groups is 1. The molecule has 0 saturated heterocycles. The Morgan fingerprint density at radius 3 is 2.50 bits per heavy atom. The summed E-state index contributed by atoms with van der Waals surface area (Å²) in [6.07, 6.45) is 2.76. The summed E-state index contributed by atoms with van der Waals surface area (Å²) < 4.78 is 13.9. The molecular weight excluding hydrogens is 396 g/mol. The highest BCUT2D eigenvalue weighted by molar-refractivity contribution is 7.99. The Hall–Kier alpha value is -2.67. The third kappa shape index (κ3) is 4.26. The number of benzene rings is 2. The Bertz CT molecular complexity index is 990. The van der Waals surface area contributed by atoms with E-state index in [1.54, 1.807) is 11.8 Å². The molecule has 1 N–H and O–H groups in total. The molecule has 1 atom stereocenters. The van der Waals surface area contributed by atoms with Gasteiger partial charge in [-0.25, -0.2) is 4.68 Å². The molecule has 7 heteroatoms. The molecule has 2 aromatic carbocycles. The predicted molar refractivity (Wildman–Crippen MR) is 120 cm³/mol. The van der Waals surface area contributed by atoms with E-state index in [9.17, 15) is 0 Å². The summed E-state index contributed by atoms with van der Waals surface area (Å²) in [7, 11) is 0. The number of hydrogen-bond acceptors (Lipinski definition) is 6. The minimum absolute atomic E-state index is 0.0119. The largest absolute Gasteiger partial charge is 0.493 e. The fourth-order valence-electron chi connectivity index (χ4n) is 3.65. The summed E-state index contributed by atoms with van der Waals surface area (Å²) in [4.78, 5) is 0. The van der Waals surface area contributed by atoms with Crippen LogP contribution in [0.2, 0.25) is 0 Å². The van der Waals surface area contributed by atoms with E-state index in [0.29, 0.717) is 13.2 Å². The smallest absolute Gasteiger partial charge is 0.212 e. The van der Waals surface area contributed by atoms with Gasteiger partial charge in [-0.1, -0.05) is 55.4 Å². The first-order valence-electron chi connectivity index (χ1n) is 10.6. The Morgan fingerprint density at radius 2 is 1.77 bits per heavy atom. The Kier molecular flexibility index (Phi) is 6.47. The molecule has 158 valence electrons. The summed E-state index contributed by atoms with van der Waals surface area (Å²) in [5.41, 5.74) is 7.12. The zero-order chi connectivity index (χ0) is 20.9. The summed E-state index contributed by atoms with van der Waals surface area (Å²) in [6, 6.07) is 14.6. The van der Waals surface area contributed by atoms with Crippen LogP contribution >= 0.6 is 11.8 Å². The van der Waals surface area contributed by atoms with E-state index in [1.807, 2.05) is 42.8 Å². The van der Waals surface area contributed by atoms with Gasteiger partial charge in [-0.2, -0.15) is 0 Å². The van der Waals surface area contributed by atoms with Crippen LogP contribution < -0.4 is 14.9 Å². The SMILES string of the molecule is CCCc1cc(C2Nn3c(Cc4ccccc4)nnc3S2)c(OCC)cc1OCC. The molecule has 0 aliphatic carbocycles. The number of aromatic nitrogens is 3. The first-order chi connectivity index (χ1) is 14.7. The second kappa shape index (κ2) is 9.43. The van der Waals surface area contributed by atoms with Gasteiger partial charge in [0.1, 0.15) is 16.9 Å². The minimum Gasteiger partial charge on any atom is -0.493 e. The third-order valence-corrected chi connectivity index (χ3v) is 6.04. The minimum atomic E-state index is 0.0119. The highest BCUT2D eigenvalue weighted by Crippen LogP contribution is 2.44. The first kappa shape index (κ1) is 20.6. The summed E-state index contributed by atoms with van der Waals surface area (Å²) >= 11 is 1.66. The zero-order valence-electron chi connectivity index (χ0n) is 17.7.